The molecule has 0 aromatic heterocycles. The average molecular weight is 251 g/mol. The Morgan fingerprint density at radius 2 is 1.21 bits per heavy atom. The second kappa shape index (κ2) is 4.12. The molecule has 0 spiro atoms. The van der Waals surface area contributed by atoms with Gasteiger partial charge in [0.05, 0.1) is 0 Å². The van der Waals surface area contributed by atoms with E-state index in [1.54, 1.807) is 0 Å². The zero-order valence-electron chi connectivity index (χ0n) is 12.1. The fourth-order valence-electron chi connectivity index (χ4n) is 3.13. The van der Waals surface area contributed by atoms with Crippen LogP contribution in [0.2, 0.25) is 0 Å². The first-order valence-electron chi connectivity index (χ1n) is 6.98. The molecule has 98 valence electrons. The monoisotopic (exact) mass is 251 g/mol. The van der Waals surface area contributed by atoms with Crippen molar-refractivity contribution in [1.82, 2.24) is 0 Å². The Morgan fingerprint density at radius 1 is 0.789 bits per heavy atom. The molecule has 0 saturated carbocycles. The Bertz CT molecular complexity index is 560. The van der Waals surface area contributed by atoms with Crippen LogP contribution in [0.25, 0.3) is 0 Å². The van der Waals surface area contributed by atoms with Crippen LogP contribution in [-0.4, -0.2) is 5.54 Å². The van der Waals surface area contributed by atoms with Crippen molar-refractivity contribution in [1.29, 1.82) is 0 Å². The van der Waals surface area contributed by atoms with E-state index < -0.39 is 0 Å². The summed E-state index contributed by atoms with van der Waals surface area (Å²) in [5.74, 6) is 0.464. The number of fused-ring (bicyclic) bond motifs is 2. The molecule has 2 aromatic rings. The molecule has 1 aliphatic rings. The summed E-state index contributed by atoms with van der Waals surface area (Å²) in [6.45, 7) is 9.13. The highest BCUT2D eigenvalue weighted by molar-refractivity contribution is 5.77. The van der Waals surface area contributed by atoms with Gasteiger partial charge in [-0.15, -0.1) is 0 Å². The van der Waals surface area contributed by atoms with Gasteiger partial charge in [0, 0.05) is 22.8 Å². The average Bonchev–Trinajstić information content (AvgIpc) is 2.38. The number of para-hydroxylation sites is 2. The molecule has 0 fully saturated rings. The number of hydrogen-bond acceptors (Lipinski definition) is 1. The maximum absolute atomic E-state index is 2.47. The first kappa shape index (κ1) is 12.3. The summed E-state index contributed by atoms with van der Waals surface area (Å²) in [6.07, 6.45) is 0. The molecule has 2 aromatic carbocycles. The van der Waals surface area contributed by atoms with Crippen LogP contribution in [0, 0.1) is 0 Å². The minimum Gasteiger partial charge on any atom is -0.336 e. The van der Waals surface area contributed by atoms with Crippen molar-refractivity contribution in [2.75, 3.05) is 4.90 Å². The standard InChI is InChI=1S/C18H21N/c1-13-14-9-5-7-11-16(14)19(18(2,3)4)17-12-8-6-10-15(13)17/h5-13H,1-4H3. The lowest BCUT2D eigenvalue weighted by Crippen LogP contribution is -2.40. The normalized spacial score (nSPS) is 15.1. The Balaban J connectivity index is 2.30. The Labute approximate surface area is 115 Å². The Morgan fingerprint density at radius 3 is 1.63 bits per heavy atom. The van der Waals surface area contributed by atoms with E-state index in [4.69, 9.17) is 0 Å². The molecule has 1 nitrogen and oxygen atoms in total. The molecule has 3 rings (SSSR count). The van der Waals surface area contributed by atoms with E-state index >= 15 is 0 Å². The van der Waals surface area contributed by atoms with Crippen molar-refractivity contribution in [2.24, 2.45) is 0 Å². The third-order valence-corrected chi connectivity index (χ3v) is 3.96. The highest BCUT2D eigenvalue weighted by Gasteiger charge is 2.33. The van der Waals surface area contributed by atoms with Gasteiger partial charge in [-0.3, -0.25) is 0 Å². The lowest BCUT2D eigenvalue weighted by atomic mass is 9.84. The molecule has 0 bridgehead atoms. The van der Waals surface area contributed by atoms with Gasteiger partial charge in [-0.1, -0.05) is 43.3 Å². The van der Waals surface area contributed by atoms with Gasteiger partial charge in [0.2, 0.25) is 0 Å². The predicted octanol–water partition coefficient (Wildman–Crippen LogP) is 5.09. The van der Waals surface area contributed by atoms with Gasteiger partial charge in [-0.05, 0) is 44.0 Å². The number of hydrogen-bond donors (Lipinski definition) is 0. The first-order valence-corrected chi connectivity index (χ1v) is 6.98. The van der Waals surface area contributed by atoms with E-state index in [-0.39, 0.29) is 5.54 Å². The Hall–Kier alpha value is -1.76. The Kier molecular flexibility index (Phi) is 2.67. The van der Waals surface area contributed by atoms with Gasteiger partial charge in [0.1, 0.15) is 0 Å². The molecule has 0 radical (unpaired) electrons. The molecule has 0 amide bonds. The van der Waals surface area contributed by atoms with Crippen molar-refractivity contribution in [3.8, 4) is 0 Å². The van der Waals surface area contributed by atoms with Crippen LogP contribution < -0.4 is 4.90 Å². The summed E-state index contributed by atoms with van der Waals surface area (Å²) in [4.78, 5) is 2.47. The number of anilines is 2. The molecule has 1 heterocycles. The zero-order valence-corrected chi connectivity index (χ0v) is 12.1. The number of rotatable bonds is 0. The molecule has 1 aliphatic heterocycles. The summed E-state index contributed by atoms with van der Waals surface area (Å²) in [7, 11) is 0. The molecule has 0 saturated heterocycles. The quantitative estimate of drug-likeness (QED) is 0.630. The van der Waals surface area contributed by atoms with Crippen LogP contribution in [0.15, 0.2) is 48.5 Å². The van der Waals surface area contributed by atoms with E-state index in [0.29, 0.717) is 5.92 Å². The van der Waals surface area contributed by atoms with Crippen molar-refractivity contribution in [2.45, 2.75) is 39.2 Å². The molecule has 0 aliphatic carbocycles. The fraction of sp³-hybridized carbons (Fsp3) is 0.333. The highest BCUT2D eigenvalue weighted by Crippen LogP contribution is 2.47. The number of benzene rings is 2. The van der Waals surface area contributed by atoms with Gasteiger partial charge in [-0.2, -0.15) is 0 Å². The van der Waals surface area contributed by atoms with Gasteiger partial charge < -0.3 is 4.90 Å². The van der Waals surface area contributed by atoms with E-state index in [2.05, 4.69) is 81.1 Å². The molecule has 0 unspecified atom stereocenters. The topological polar surface area (TPSA) is 3.24 Å². The first-order chi connectivity index (χ1) is 9.00. The van der Waals surface area contributed by atoms with Gasteiger partial charge >= 0.3 is 0 Å². The molecule has 0 atom stereocenters. The van der Waals surface area contributed by atoms with Crippen LogP contribution in [0.1, 0.15) is 44.7 Å². The van der Waals surface area contributed by atoms with Crippen molar-refractivity contribution >= 4 is 11.4 Å². The van der Waals surface area contributed by atoms with Crippen LogP contribution >= 0.6 is 0 Å². The molecule has 19 heavy (non-hydrogen) atoms. The second-order valence-electron chi connectivity index (χ2n) is 6.35. The summed E-state index contributed by atoms with van der Waals surface area (Å²) in [5, 5.41) is 0. The number of nitrogens with zero attached hydrogens (tertiary/aromatic N) is 1. The maximum Gasteiger partial charge on any atom is 0.0454 e. The third kappa shape index (κ3) is 1.85. The molecular formula is C18H21N. The third-order valence-electron chi connectivity index (χ3n) is 3.96. The van der Waals surface area contributed by atoms with Crippen molar-refractivity contribution in [3.05, 3.63) is 59.7 Å². The van der Waals surface area contributed by atoms with Gasteiger partial charge in [0.15, 0.2) is 0 Å². The zero-order chi connectivity index (χ0) is 13.6. The van der Waals surface area contributed by atoms with Crippen molar-refractivity contribution < 1.29 is 0 Å². The summed E-state index contributed by atoms with van der Waals surface area (Å²) < 4.78 is 0. The summed E-state index contributed by atoms with van der Waals surface area (Å²) in [6, 6.07) is 17.6. The maximum atomic E-state index is 2.47. The van der Waals surface area contributed by atoms with E-state index in [9.17, 15) is 0 Å². The smallest absolute Gasteiger partial charge is 0.0454 e. The molecular weight excluding hydrogens is 230 g/mol. The van der Waals surface area contributed by atoms with Crippen LogP contribution in [0.3, 0.4) is 0 Å². The molecule has 1 heteroatoms. The molecule has 0 N–H and O–H groups in total. The van der Waals surface area contributed by atoms with Crippen LogP contribution in [0.4, 0.5) is 11.4 Å². The SMILES string of the molecule is CC1c2ccccc2N(C(C)(C)C)c2ccccc21. The predicted molar refractivity (Wildman–Crippen MR) is 82.3 cm³/mol. The van der Waals surface area contributed by atoms with E-state index in [1.165, 1.54) is 22.5 Å². The minimum absolute atomic E-state index is 0.0757. The van der Waals surface area contributed by atoms with Crippen molar-refractivity contribution in [3.63, 3.8) is 0 Å². The minimum atomic E-state index is 0.0757. The lowest BCUT2D eigenvalue weighted by molar-refractivity contribution is 0.551. The van der Waals surface area contributed by atoms with E-state index in [0.717, 1.165) is 0 Å². The highest BCUT2D eigenvalue weighted by atomic mass is 15.2. The second-order valence-corrected chi connectivity index (χ2v) is 6.35. The van der Waals surface area contributed by atoms with Crippen LogP contribution in [0.5, 0.6) is 0 Å². The van der Waals surface area contributed by atoms with Gasteiger partial charge in [0.25, 0.3) is 0 Å². The fourth-order valence-corrected chi connectivity index (χ4v) is 3.13. The summed E-state index contributed by atoms with van der Waals surface area (Å²) >= 11 is 0. The largest absolute Gasteiger partial charge is 0.336 e. The summed E-state index contributed by atoms with van der Waals surface area (Å²) in [5.41, 5.74) is 5.63. The van der Waals surface area contributed by atoms with Gasteiger partial charge in [-0.25, -0.2) is 0 Å². The van der Waals surface area contributed by atoms with Crippen LogP contribution in [-0.2, 0) is 0 Å². The van der Waals surface area contributed by atoms with E-state index in [1.807, 2.05) is 0 Å². The lowest BCUT2D eigenvalue weighted by Gasteiger charge is -2.44.